The summed E-state index contributed by atoms with van der Waals surface area (Å²) in [6.07, 6.45) is 0. The van der Waals surface area contributed by atoms with Crippen LogP contribution in [0.2, 0.25) is 0 Å². The molecule has 1 amide bonds. The van der Waals surface area contributed by atoms with E-state index in [2.05, 4.69) is 36.3 Å². The van der Waals surface area contributed by atoms with E-state index < -0.39 is 0 Å². The molecule has 4 N–H and O–H groups in total. The van der Waals surface area contributed by atoms with Gasteiger partial charge in [-0.25, -0.2) is 0 Å². The zero-order valence-electron chi connectivity index (χ0n) is 12.4. The number of hydrogen-bond acceptors (Lipinski definition) is 4. The standard InChI is InChI=1S/C15H20N4O2/c1-15(2,3)12-8-13(19-18-12)17-14(20)9-21-11-6-4-5-10(16)7-11/h4-8H,9,16H2,1-3H3,(H2,17,18,19,20). The monoisotopic (exact) mass is 288 g/mol. The summed E-state index contributed by atoms with van der Waals surface area (Å²) in [5.41, 5.74) is 7.14. The van der Waals surface area contributed by atoms with Gasteiger partial charge in [-0.15, -0.1) is 0 Å². The predicted octanol–water partition coefficient (Wildman–Crippen LogP) is 2.31. The van der Waals surface area contributed by atoms with Crippen molar-refractivity contribution in [3.8, 4) is 5.75 Å². The lowest BCUT2D eigenvalue weighted by Crippen LogP contribution is -2.20. The molecule has 21 heavy (non-hydrogen) atoms. The molecule has 0 atom stereocenters. The summed E-state index contributed by atoms with van der Waals surface area (Å²) in [6.45, 7) is 6.10. The Kier molecular flexibility index (Phi) is 4.16. The van der Waals surface area contributed by atoms with Crippen LogP contribution < -0.4 is 15.8 Å². The first-order valence-corrected chi connectivity index (χ1v) is 6.69. The minimum Gasteiger partial charge on any atom is -0.484 e. The fourth-order valence-corrected chi connectivity index (χ4v) is 1.70. The van der Waals surface area contributed by atoms with Crippen LogP contribution >= 0.6 is 0 Å². The maximum Gasteiger partial charge on any atom is 0.263 e. The average Bonchev–Trinajstić information content (AvgIpc) is 2.85. The van der Waals surface area contributed by atoms with E-state index in [1.807, 2.05) is 6.07 Å². The second-order valence-corrected chi connectivity index (χ2v) is 5.83. The molecular weight excluding hydrogens is 268 g/mol. The average molecular weight is 288 g/mol. The van der Waals surface area contributed by atoms with Gasteiger partial charge in [0.1, 0.15) is 5.75 Å². The highest BCUT2D eigenvalue weighted by Crippen LogP contribution is 2.21. The van der Waals surface area contributed by atoms with Crippen molar-refractivity contribution in [3.63, 3.8) is 0 Å². The summed E-state index contributed by atoms with van der Waals surface area (Å²) in [5, 5.41) is 9.65. The van der Waals surface area contributed by atoms with Crippen molar-refractivity contribution in [2.24, 2.45) is 0 Å². The normalized spacial score (nSPS) is 11.2. The number of amides is 1. The Hall–Kier alpha value is -2.50. The molecule has 0 saturated carbocycles. The van der Waals surface area contributed by atoms with Gasteiger partial charge < -0.3 is 15.8 Å². The number of nitrogens with two attached hydrogens (primary N) is 1. The summed E-state index contributed by atoms with van der Waals surface area (Å²) in [5.74, 6) is 0.771. The quantitative estimate of drug-likeness (QED) is 0.753. The van der Waals surface area contributed by atoms with Crippen molar-refractivity contribution in [1.82, 2.24) is 10.2 Å². The predicted molar refractivity (Wildman–Crippen MR) is 82.3 cm³/mol. The van der Waals surface area contributed by atoms with Crippen LogP contribution in [-0.2, 0) is 10.2 Å². The minimum absolute atomic E-state index is 0.0476. The van der Waals surface area contributed by atoms with E-state index >= 15 is 0 Å². The fraction of sp³-hybridized carbons (Fsp3) is 0.333. The van der Waals surface area contributed by atoms with E-state index in [-0.39, 0.29) is 17.9 Å². The van der Waals surface area contributed by atoms with Gasteiger partial charge in [-0.05, 0) is 12.1 Å². The number of nitrogens with one attached hydrogen (secondary N) is 2. The SMILES string of the molecule is CC(C)(C)c1cc(NC(=O)COc2cccc(N)c2)n[nH]1. The molecule has 2 aromatic rings. The summed E-state index contributed by atoms with van der Waals surface area (Å²) in [6, 6.07) is 8.75. The molecule has 0 fully saturated rings. The Labute approximate surface area is 123 Å². The van der Waals surface area contributed by atoms with E-state index in [1.54, 1.807) is 24.3 Å². The molecule has 6 heteroatoms. The summed E-state index contributed by atoms with van der Waals surface area (Å²) < 4.78 is 5.36. The third-order valence-electron chi connectivity index (χ3n) is 2.88. The Morgan fingerprint density at radius 2 is 2.14 bits per heavy atom. The van der Waals surface area contributed by atoms with Gasteiger partial charge in [0.05, 0.1) is 0 Å². The highest BCUT2D eigenvalue weighted by atomic mass is 16.5. The van der Waals surface area contributed by atoms with Crippen molar-refractivity contribution in [2.45, 2.75) is 26.2 Å². The van der Waals surface area contributed by atoms with E-state index in [1.165, 1.54) is 0 Å². The van der Waals surface area contributed by atoms with Crippen molar-refractivity contribution in [2.75, 3.05) is 17.7 Å². The van der Waals surface area contributed by atoms with Crippen LogP contribution in [0.5, 0.6) is 5.75 Å². The number of ether oxygens (including phenoxy) is 1. The molecule has 0 aliphatic heterocycles. The first kappa shape index (κ1) is 14.9. The zero-order chi connectivity index (χ0) is 15.5. The molecular formula is C15H20N4O2. The molecule has 0 saturated heterocycles. The second-order valence-electron chi connectivity index (χ2n) is 5.83. The van der Waals surface area contributed by atoms with Crippen molar-refractivity contribution < 1.29 is 9.53 Å². The third-order valence-corrected chi connectivity index (χ3v) is 2.88. The van der Waals surface area contributed by atoms with Crippen LogP contribution in [0.25, 0.3) is 0 Å². The molecule has 0 spiro atoms. The van der Waals surface area contributed by atoms with Gasteiger partial charge in [-0.3, -0.25) is 9.89 Å². The zero-order valence-corrected chi connectivity index (χ0v) is 12.4. The van der Waals surface area contributed by atoms with Crippen LogP contribution in [0.15, 0.2) is 30.3 Å². The van der Waals surface area contributed by atoms with Gasteiger partial charge >= 0.3 is 0 Å². The number of aromatic amines is 1. The number of aromatic nitrogens is 2. The minimum atomic E-state index is -0.274. The number of nitrogens with zero attached hydrogens (tertiary/aromatic N) is 1. The lowest BCUT2D eigenvalue weighted by Gasteiger charge is -2.14. The van der Waals surface area contributed by atoms with Crippen LogP contribution in [0.4, 0.5) is 11.5 Å². The molecule has 1 aromatic carbocycles. The van der Waals surface area contributed by atoms with Crippen LogP contribution in [0.3, 0.4) is 0 Å². The molecule has 0 aliphatic carbocycles. The molecule has 0 aliphatic rings. The highest BCUT2D eigenvalue weighted by Gasteiger charge is 2.17. The van der Waals surface area contributed by atoms with Crippen molar-refractivity contribution in [1.29, 1.82) is 0 Å². The number of anilines is 2. The van der Waals surface area contributed by atoms with E-state index in [0.717, 1.165) is 5.69 Å². The lowest BCUT2D eigenvalue weighted by atomic mass is 9.92. The summed E-state index contributed by atoms with van der Waals surface area (Å²) >= 11 is 0. The largest absolute Gasteiger partial charge is 0.484 e. The summed E-state index contributed by atoms with van der Waals surface area (Å²) in [7, 11) is 0. The van der Waals surface area contributed by atoms with Gasteiger partial charge in [0, 0.05) is 28.9 Å². The third kappa shape index (κ3) is 4.24. The van der Waals surface area contributed by atoms with Crippen molar-refractivity contribution in [3.05, 3.63) is 36.0 Å². The molecule has 1 aromatic heterocycles. The number of nitrogen functional groups attached to an aromatic ring is 1. The Balaban J connectivity index is 1.89. The van der Waals surface area contributed by atoms with Gasteiger partial charge in [0.15, 0.2) is 12.4 Å². The van der Waals surface area contributed by atoms with Crippen LogP contribution in [-0.4, -0.2) is 22.7 Å². The maximum atomic E-state index is 11.8. The lowest BCUT2D eigenvalue weighted by molar-refractivity contribution is -0.118. The van der Waals surface area contributed by atoms with E-state index in [4.69, 9.17) is 10.5 Å². The topological polar surface area (TPSA) is 93.0 Å². The van der Waals surface area contributed by atoms with Crippen LogP contribution in [0.1, 0.15) is 26.5 Å². The number of benzene rings is 1. The molecule has 112 valence electrons. The molecule has 0 bridgehead atoms. The highest BCUT2D eigenvalue weighted by molar-refractivity contribution is 5.91. The van der Waals surface area contributed by atoms with Crippen molar-refractivity contribution >= 4 is 17.4 Å². The second kappa shape index (κ2) is 5.87. The first-order chi connectivity index (χ1) is 9.84. The fourth-order valence-electron chi connectivity index (χ4n) is 1.70. The van der Waals surface area contributed by atoms with Gasteiger partial charge in [0.2, 0.25) is 0 Å². The van der Waals surface area contributed by atoms with E-state index in [9.17, 15) is 4.79 Å². The maximum absolute atomic E-state index is 11.8. The molecule has 2 rings (SSSR count). The number of carbonyl (C=O) groups excluding carboxylic acids is 1. The Bertz CT molecular complexity index is 629. The first-order valence-electron chi connectivity index (χ1n) is 6.69. The molecule has 0 radical (unpaired) electrons. The van der Waals surface area contributed by atoms with Crippen LogP contribution in [0, 0.1) is 0 Å². The van der Waals surface area contributed by atoms with E-state index in [0.29, 0.717) is 17.3 Å². The number of H-pyrrole nitrogens is 1. The summed E-state index contributed by atoms with van der Waals surface area (Å²) in [4.78, 5) is 11.8. The number of hydrogen-bond donors (Lipinski definition) is 3. The van der Waals surface area contributed by atoms with Gasteiger partial charge in [-0.1, -0.05) is 26.8 Å². The Morgan fingerprint density at radius 3 is 2.76 bits per heavy atom. The number of rotatable bonds is 4. The number of carbonyl (C=O) groups is 1. The smallest absolute Gasteiger partial charge is 0.263 e. The van der Waals surface area contributed by atoms with Gasteiger partial charge in [0.25, 0.3) is 5.91 Å². The molecule has 1 heterocycles. The van der Waals surface area contributed by atoms with Gasteiger partial charge in [-0.2, -0.15) is 5.10 Å². The molecule has 6 nitrogen and oxygen atoms in total. The Morgan fingerprint density at radius 1 is 1.38 bits per heavy atom. The molecule has 0 unspecified atom stereocenters.